The molecule has 3 aromatic heterocycles. The van der Waals surface area contributed by atoms with E-state index in [2.05, 4.69) is 25.8 Å². The number of hydrogen-bond acceptors (Lipinski definition) is 9. The number of hydrogen-bond donors (Lipinski definition) is 1. The summed E-state index contributed by atoms with van der Waals surface area (Å²) in [7, 11) is 0. The molecule has 45 heavy (non-hydrogen) atoms. The molecule has 12 nitrogen and oxygen atoms in total. The molecule has 0 aliphatic carbocycles. The number of amides is 1. The lowest BCUT2D eigenvalue weighted by atomic mass is 9.94. The highest BCUT2D eigenvalue weighted by Crippen LogP contribution is 2.44. The van der Waals surface area contributed by atoms with E-state index in [4.69, 9.17) is 26.1 Å². The van der Waals surface area contributed by atoms with Crippen LogP contribution in [0.25, 0.3) is 28.1 Å². The fourth-order valence-corrected chi connectivity index (χ4v) is 5.85. The number of fused-ring (bicyclic) bond motifs is 6. The molecule has 2 aliphatic rings. The van der Waals surface area contributed by atoms with E-state index in [1.165, 1.54) is 46.2 Å². The Morgan fingerprint density at radius 1 is 0.978 bits per heavy atom. The number of ether oxygens (including phenoxy) is 2. The van der Waals surface area contributed by atoms with Crippen molar-refractivity contribution in [2.45, 2.75) is 32.2 Å². The van der Waals surface area contributed by atoms with Gasteiger partial charge in [-0.2, -0.15) is 4.68 Å². The maximum Gasteiger partial charge on any atom is 0.258 e. The summed E-state index contributed by atoms with van der Waals surface area (Å²) in [5.74, 6) is -0.447. The highest BCUT2D eigenvalue weighted by molar-refractivity contribution is 6.31. The maximum atomic E-state index is 14.7. The van der Waals surface area contributed by atoms with Crippen LogP contribution in [0.4, 0.5) is 10.1 Å². The second kappa shape index (κ2) is 11.7. The molecule has 1 N–H and O–H groups in total. The zero-order valence-corrected chi connectivity index (χ0v) is 24.7. The van der Waals surface area contributed by atoms with Crippen LogP contribution in [0.15, 0.2) is 66.0 Å². The van der Waals surface area contributed by atoms with E-state index < -0.39 is 11.9 Å². The zero-order valence-electron chi connectivity index (χ0n) is 24.0. The van der Waals surface area contributed by atoms with Gasteiger partial charge in [-0.15, -0.1) is 5.10 Å². The van der Waals surface area contributed by atoms with Gasteiger partial charge in [-0.05, 0) is 65.7 Å². The molecule has 0 unspecified atom stereocenters. The lowest BCUT2D eigenvalue weighted by molar-refractivity contribution is -0.119. The minimum absolute atomic E-state index is 0.191. The van der Waals surface area contributed by atoms with Crippen LogP contribution in [-0.4, -0.2) is 53.9 Å². The molecule has 228 valence electrons. The summed E-state index contributed by atoms with van der Waals surface area (Å²) in [5, 5.41) is 14.8. The number of nitrogens with one attached hydrogen (secondary N) is 1. The molecule has 2 atom stereocenters. The van der Waals surface area contributed by atoms with E-state index in [0.29, 0.717) is 69.5 Å². The summed E-state index contributed by atoms with van der Waals surface area (Å²) in [6, 6.07) is 11.9. The van der Waals surface area contributed by atoms with Crippen molar-refractivity contribution in [3.63, 3.8) is 0 Å². The summed E-state index contributed by atoms with van der Waals surface area (Å²) in [4.78, 5) is 36.4. The van der Waals surface area contributed by atoms with Crippen molar-refractivity contribution in [2.75, 3.05) is 18.5 Å². The number of carbonyl (C=O) groups excluding carboxylic acids is 1. The Morgan fingerprint density at radius 3 is 2.67 bits per heavy atom. The largest absolute Gasteiger partial charge is 0.484 e. The van der Waals surface area contributed by atoms with Gasteiger partial charge >= 0.3 is 0 Å². The Labute approximate surface area is 260 Å². The second-order valence-corrected chi connectivity index (χ2v) is 11.3. The summed E-state index contributed by atoms with van der Waals surface area (Å²) >= 11 is 6.32. The van der Waals surface area contributed by atoms with E-state index in [0.717, 1.165) is 0 Å². The Balaban J connectivity index is 1.38. The number of halogens is 2. The molecule has 5 aromatic rings. The van der Waals surface area contributed by atoms with Crippen molar-refractivity contribution in [3.05, 3.63) is 88.1 Å². The number of nitrogens with zero attached hydrogens (tertiary/aromatic N) is 7. The third kappa shape index (κ3) is 5.50. The van der Waals surface area contributed by atoms with E-state index in [9.17, 15) is 14.0 Å². The van der Waals surface area contributed by atoms with Gasteiger partial charge in [-0.25, -0.2) is 14.4 Å². The van der Waals surface area contributed by atoms with Gasteiger partial charge < -0.3 is 14.8 Å². The summed E-state index contributed by atoms with van der Waals surface area (Å²) in [6.07, 6.45) is 4.53. The highest BCUT2D eigenvalue weighted by Gasteiger charge is 2.28. The van der Waals surface area contributed by atoms with Crippen LogP contribution in [0.2, 0.25) is 5.02 Å². The first-order chi connectivity index (χ1) is 21.9. The Morgan fingerprint density at radius 2 is 1.84 bits per heavy atom. The third-order valence-corrected chi connectivity index (χ3v) is 8.20. The highest BCUT2D eigenvalue weighted by atomic mass is 35.5. The van der Waals surface area contributed by atoms with Crippen LogP contribution in [0, 0.1) is 11.7 Å². The van der Waals surface area contributed by atoms with E-state index in [-0.39, 0.29) is 36.5 Å². The molecule has 7 rings (SSSR count). The second-order valence-electron chi connectivity index (χ2n) is 10.9. The Bertz CT molecular complexity index is 1980. The number of pyridine rings is 1. The van der Waals surface area contributed by atoms with Gasteiger partial charge in [0.1, 0.15) is 25.4 Å². The number of benzene rings is 2. The van der Waals surface area contributed by atoms with Gasteiger partial charge in [0.15, 0.2) is 5.75 Å². The van der Waals surface area contributed by atoms with Gasteiger partial charge in [0, 0.05) is 39.4 Å². The van der Waals surface area contributed by atoms with Gasteiger partial charge in [-0.3, -0.25) is 14.2 Å². The predicted molar refractivity (Wildman–Crippen MR) is 162 cm³/mol. The minimum atomic E-state index is -0.585. The number of tetrazole rings is 1. The molecule has 0 fully saturated rings. The van der Waals surface area contributed by atoms with Crippen LogP contribution in [0.5, 0.6) is 11.6 Å². The Hall–Kier alpha value is -5.17. The first-order valence-electron chi connectivity index (χ1n) is 14.4. The van der Waals surface area contributed by atoms with E-state index >= 15 is 0 Å². The molecule has 14 heteroatoms. The molecule has 0 saturated heterocycles. The quantitative estimate of drug-likeness (QED) is 0.297. The van der Waals surface area contributed by atoms with Gasteiger partial charge in [-0.1, -0.05) is 24.9 Å². The molecule has 0 saturated carbocycles. The van der Waals surface area contributed by atoms with Crippen molar-refractivity contribution in [2.24, 2.45) is 5.92 Å². The van der Waals surface area contributed by atoms with Crippen LogP contribution in [0.3, 0.4) is 0 Å². The number of rotatable bonds is 3. The van der Waals surface area contributed by atoms with E-state index in [1.807, 2.05) is 6.92 Å². The van der Waals surface area contributed by atoms with Crippen molar-refractivity contribution >= 4 is 23.2 Å². The molecule has 0 spiro atoms. The lowest BCUT2D eigenvalue weighted by Gasteiger charge is -2.26. The topological polar surface area (TPSA) is 139 Å². The van der Waals surface area contributed by atoms with Gasteiger partial charge in [0.2, 0.25) is 5.91 Å². The summed E-state index contributed by atoms with van der Waals surface area (Å²) < 4.78 is 29.5. The molecular weight excluding hydrogens is 603 g/mol. The smallest absolute Gasteiger partial charge is 0.258 e. The first kappa shape index (κ1) is 28.6. The molecule has 0 radical (unpaired) electrons. The molecule has 1 amide bonds. The van der Waals surface area contributed by atoms with Crippen molar-refractivity contribution < 1.29 is 18.7 Å². The van der Waals surface area contributed by atoms with Crippen LogP contribution >= 0.6 is 11.6 Å². The fourth-order valence-electron chi connectivity index (χ4n) is 5.68. The normalized spacial score (nSPS) is 17.9. The molecule has 2 aliphatic heterocycles. The van der Waals surface area contributed by atoms with Gasteiger partial charge in [0.25, 0.3) is 11.4 Å². The monoisotopic (exact) mass is 628 g/mol. The van der Waals surface area contributed by atoms with Crippen molar-refractivity contribution in [3.8, 4) is 39.7 Å². The van der Waals surface area contributed by atoms with Crippen molar-refractivity contribution in [1.29, 1.82) is 0 Å². The predicted octanol–water partition coefficient (Wildman–Crippen LogP) is 4.86. The van der Waals surface area contributed by atoms with Crippen LogP contribution in [0.1, 0.15) is 37.9 Å². The SMILES string of the molecule is C[C@@H]1CCC[C@H](n2cnc(-c3cc(Cl)ccc3-n3cnnn3)cc2=O)c2cc(c3c(n2)OCCO3)-c2cc(F)ccc2NC1=O. The molecule has 5 heterocycles. The third-order valence-electron chi connectivity index (χ3n) is 7.97. The fraction of sp³-hybridized carbons (Fsp3) is 0.258. The number of aromatic nitrogens is 7. The zero-order chi connectivity index (χ0) is 31.1. The lowest BCUT2D eigenvalue weighted by Crippen LogP contribution is -2.28. The first-order valence-corrected chi connectivity index (χ1v) is 14.8. The summed E-state index contributed by atoms with van der Waals surface area (Å²) in [5.41, 5.74) is 3.05. The average molecular weight is 629 g/mol. The van der Waals surface area contributed by atoms with Crippen LogP contribution < -0.4 is 20.3 Å². The Kier molecular flexibility index (Phi) is 7.45. The number of anilines is 1. The standard InChI is InChI=1S/C31H26ClFN8O4/c1-17-3-2-4-27(40-15-34-24(14-28(40)42)22-11-18(32)5-8-26(22)41-16-35-38-39-41)25-13-21(29-31(37-25)45-10-9-44-29)20-12-19(33)6-7-23(20)36-30(17)43/h5-8,11-17,27H,2-4,9-10H2,1H3,(H,36,43)/t17-,27+/m1/s1. The minimum Gasteiger partial charge on any atom is -0.484 e. The maximum absolute atomic E-state index is 14.7. The summed E-state index contributed by atoms with van der Waals surface area (Å²) in [6.45, 7) is 2.39. The molecule has 2 aromatic carbocycles. The van der Waals surface area contributed by atoms with Gasteiger partial charge in [0.05, 0.1) is 29.4 Å². The van der Waals surface area contributed by atoms with Crippen molar-refractivity contribution in [1.82, 2.24) is 34.7 Å². The number of carbonyl (C=O) groups is 1. The van der Waals surface area contributed by atoms with Crippen LogP contribution in [-0.2, 0) is 4.79 Å². The molecule has 2 bridgehead atoms. The average Bonchev–Trinajstić information content (AvgIpc) is 3.58. The molecular formula is C31H26ClFN8O4. The van der Waals surface area contributed by atoms with E-state index in [1.54, 1.807) is 24.3 Å².